The topological polar surface area (TPSA) is 105 Å². The van der Waals surface area contributed by atoms with Crippen LogP contribution in [0.1, 0.15) is 12.8 Å². The highest BCUT2D eigenvalue weighted by molar-refractivity contribution is 7.90. The Morgan fingerprint density at radius 1 is 0.970 bits per heavy atom. The van der Waals surface area contributed by atoms with Gasteiger partial charge in [-0.3, -0.25) is 0 Å². The summed E-state index contributed by atoms with van der Waals surface area (Å²) in [6.07, 6.45) is 6.78. The first kappa shape index (κ1) is 21.2. The van der Waals surface area contributed by atoms with Crippen molar-refractivity contribution < 1.29 is 22.6 Å². The predicted octanol–water partition coefficient (Wildman–Crippen LogP) is 3.44. The summed E-state index contributed by atoms with van der Waals surface area (Å²) in [5.74, 6) is 1.94. The number of ether oxygens (including phenoxy) is 3. The Hall–Kier alpha value is -3.66. The number of benzene rings is 2. The third-order valence-corrected chi connectivity index (χ3v) is 6.49. The second kappa shape index (κ2) is 8.04. The van der Waals surface area contributed by atoms with Crippen molar-refractivity contribution in [3.8, 4) is 34.5 Å². The molecule has 0 unspecified atom stereocenters. The van der Waals surface area contributed by atoms with Gasteiger partial charge in [-0.05, 0) is 36.6 Å². The van der Waals surface area contributed by atoms with Crippen molar-refractivity contribution in [2.24, 2.45) is 0 Å². The number of hydrogen-bond donors (Lipinski definition) is 0. The molecule has 0 saturated heterocycles. The summed E-state index contributed by atoms with van der Waals surface area (Å²) in [5, 5.41) is 5.14. The molecule has 4 aromatic rings. The zero-order chi connectivity index (χ0) is 23.2. The van der Waals surface area contributed by atoms with Gasteiger partial charge >= 0.3 is 0 Å². The van der Waals surface area contributed by atoms with E-state index >= 15 is 0 Å². The lowest BCUT2D eigenvalue weighted by Gasteiger charge is -2.13. The summed E-state index contributed by atoms with van der Waals surface area (Å²) in [6, 6.07) is 10.3. The number of sulfone groups is 1. The van der Waals surface area contributed by atoms with Crippen LogP contribution in [0.3, 0.4) is 0 Å². The average Bonchev–Trinajstić information content (AvgIpc) is 3.49. The predicted molar refractivity (Wildman–Crippen MR) is 122 cm³/mol. The van der Waals surface area contributed by atoms with E-state index in [4.69, 9.17) is 14.2 Å². The minimum atomic E-state index is -3.25. The highest BCUT2D eigenvalue weighted by Crippen LogP contribution is 2.37. The fourth-order valence-electron chi connectivity index (χ4n) is 3.43. The van der Waals surface area contributed by atoms with E-state index in [0.717, 1.165) is 29.4 Å². The van der Waals surface area contributed by atoms with Crippen LogP contribution in [0.15, 0.2) is 53.7 Å². The van der Waals surface area contributed by atoms with Gasteiger partial charge in [0.2, 0.25) is 5.88 Å². The first-order chi connectivity index (χ1) is 15.9. The third kappa shape index (κ3) is 4.21. The van der Waals surface area contributed by atoms with E-state index in [9.17, 15) is 8.42 Å². The van der Waals surface area contributed by atoms with Gasteiger partial charge in [0.25, 0.3) is 5.95 Å². The average molecular weight is 467 g/mol. The Morgan fingerprint density at radius 3 is 2.30 bits per heavy atom. The number of rotatable bonds is 7. The molecular weight excluding hydrogens is 444 g/mol. The fraction of sp³-hybridized carbons (Fsp3) is 0.261. The molecule has 1 aliphatic carbocycles. The normalized spacial score (nSPS) is 13.8. The number of aromatic nitrogens is 4. The summed E-state index contributed by atoms with van der Waals surface area (Å²) in [5.41, 5.74) is 2.27. The number of methoxy groups -OCH3 is 2. The Labute approximate surface area is 190 Å². The van der Waals surface area contributed by atoms with Crippen LogP contribution in [-0.2, 0) is 9.84 Å². The fourth-order valence-corrected chi connectivity index (χ4v) is 4.06. The lowest BCUT2D eigenvalue weighted by molar-refractivity contribution is 0.294. The first-order valence-corrected chi connectivity index (χ1v) is 12.2. The molecule has 5 rings (SSSR count). The van der Waals surface area contributed by atoms with Crippen molar-refractivity contribution in [1.29, 1.82) is 0 Å². The Balaban J connectivity index is 1.56. The molecule has 1 saturated carbocycles. The van der Waals surface area contributed by atoms with Crippen molar-refractivity contribution in [3.05, 3.63) is 48.8 Å². The van der Waals surface area contributed by atoms with Gasteiger partial charge in [0.15, 0.2) is 21.3 Å². The minimum absolute atomic E-state index is 0.144. The van der Waals surface area contributed by atoms with E-state index in [1.54, 1.807) is 61.6 Å². The second-order valence-corrected chi connectivity index (χ2v) is 9.86. The molecule has 33 heavy (non-hydrogen) atoms. The highest BCUT2D eigenvalue weighted by Gasteiger charge is 2.26. The summed E-state index contributed by atoms with van der Waals surface area (Å²) in [6.45, 7) is 0. The first-order valence-electron chi connectivity index (χ1n) is 10.3. The van der Waals surface area contributed by atoms with E-state index in [1.807, 2.05) is 6.07 Å². The SMILES string of the molecule is COc1cc2nc(-n3cc(-c4ccc(S(C)(=O)=O)cc4)cn3)nc(OC3CC3)c2cc1OC. The van der Waals surface area contributed by atoms with Gasteiger partial charge in [0, 0.05) is 24.1 Å². The molecule has 1 fully saturated rings. The molecule has 0 N–H and O–H groups in total. The van der Waals surface area contributed by atoms with Crippen LogP contribution in [0.5, 0.6) is 17.4 Å². The summed E-state index contributed by atoms with van der Waals surface area (Å²) < 4.78 is 41.9. The quantitative estimate of drug-likeness (QED) is 0.408. The third-order valence-electron chi connectivity index (χ3n) is 5.36. The van der Waals surface area contributed by atoms with Crippen LogP contribution in [-0.4, -0.2) is 54.7 Å². The van der Waals surface area contributed by atoms with Gasteiger partial charge in [-0.1, -0.05) is 12.1 Å². The summed E-state index contributed by atoms with van der Waals surface area (Å²) >= 11 is 0. The molecule has 0 amide bonds. The summed E-state index contributed by atoms with van der Waals surface area (Å²) in [4.78, 5) is 9.56. The zero-order valence-electron chi connectivity index (χ0n) is 18.3. The van der Waals surface area contributed by atoms with Gasteiger partial charge in [-0.2, -0.15) is 10.1 Å². The highest BCUT2D eigenvalue weighted by atomic mass is 32.2. The van der Waals surface area contributed by atoms with Gasteiger partial charge in [-0.15, -0.1) is 0 Å². The molecule has 1 aliphatic rings. The van der Waals surface area contributed by atoms with Crippen molar-refractivity contribution in [3.63, 3.8) is 0 Å². The largest absolute Gasteiger partial charge is 0.493 e. The molecular formula is C23H22N4O5S. The maximum atomic E-state index is 11.7. The Morgan fingerprint density at radius 2 is 1.67 bits per heavy atom. The van der Waals surface area contributed by atoms with Crippen LogP contribution in [0.2, 0.25) is 0 Å². The van der Waals surface area contributed by atoms with Crippen LogP contribution in [0.25, 0.3) is 28.0 Å². The molecule has 2 heterocycles. The molecule has 0 radical (unpaired) electrons. The van der Waals surface area contributed by atoms with Gasteiger partial charge in [-0.25, -0.2) is 18.1 Å². The molecule has 0 spiro atoms. The van der Waals surface area contributed by atoms with Crippen LogP contribution in [0.4, 0.5) is 0 Å². The van der Waals surface area contributed by atoms with Crippen LogP contribution in [0, 0.1) is 0 Å². The maximum Gasteiger partial charge on any atom is 0.254 e. The molecule has 0 aliphatic heterocycles. The number of fused-ring (bicyclic) bond motifs is 1. The van der Waals surface area contributed by atoms with Crippen molar-refractivity contribution >= 4 is 20.7 Å². The molecule has 9 nitrogen and oxygen atoms in total. The molecule has 2 aromatic carbocycles. The van der Waals surface area contributed by atoms with E-state index in [2.05, 4.69) is 15.1 Å². The van der Waals surface area contributed by atoms with Crippen molar-refractivity contribution in [2.45, 2.75) is 23.8 Å². The Bertz CT molecular complexity index is 1440. The number of nitrogens with zero attached hydrogens (tertiary/aromatic N) is 4. The van der Waals surface area contributed by atoms with Crippen molar-refractivity contribution in [2.75, 3.05) is 20.5 Å². The Kier molecular flexibility index (Phi) is 5.16. The van der Waals surface area contributed by atoms with Crippen LogP contribution >= 0.6 is 0 Å². The molecule has 0 bridgehead atoms. The molecule has 0 atom stereocenters. The second-order valence-electron chi connectivity index (χ2n) is 7.84. The standard InChI is InChI=1S/C23H22N4O5S/c1-30-20-10-18-19(11-21(20)31-2)25-23(26-22(18)32-16-6-7-16)27-13-15(12-24-27)14-4-8-17(9-5-14)33(3,28)29/h4-5,8-13,16H,6-7H2,1-3H3. The zero-order valence-corrected chi connectivity index (χ0v) is 19.2. The monoisotopic (exact) mass is 466 g/mol. The molecule has 170 valence electrons. The van der Waals surface area contributed by atoms with E-state index < -0.39 is 9.84 Å². The molecule has 2 aromatic heterocycles. The van der Waals surface area contributed by atoms with Gasteiger partial charge in [0.05, 0.1) is 36.2 Å². The van der Waals surface area contributed by atoms with E-state index in [1.165, 1.54) is 6.26 Å². The summed E-state index contributed by atoms with van der Waals surface area (Å²) in [7, 11) is -0.106. The van der Waals surface area contributed by atoms with Gasteiger partial charge < -0.3 is 14.2 Å². The minimum Gasteiger partial charge on any atom is -0.493 e. The van der Waals surface area contributed by atoms with E-state index in [-0.39, 0.29) is 11.0 Å². The van der Waals surface area contributed by atoms with E-state index in [0.29, 0.717) is 28.8 Å². The lowest BCUT2D eigenvalue weighted by atomic mass is 10.1. The smallest absolute Gasteiger partial charge is 0.254 e. The maximum absolute atomic E-state index is 11.7. The van der Waals surface area contributed by atoms with Gasteiger partial charge in [0.1, 0.15) is 6.10 Å². The molecule has 10 heteroatoms. The number of hydrogen-bond acceptors (Lipinski definition) is 8. The van der Waals surface area contributed by atoms with Crippen LogP contribution < -0.4 is 14.2 Å². The van der Waals surface area contributed by atoms with Crippen molar-refractivity contribution in [1.82, 2.24) is 19.7 Å². The lowest BCUT2D eigenvalue weighted by Crippen LogP contribution is -2.07.